The van der Waals surface area contributed by atoms with Crippen molar-refractivity contribution in [2.45, 2.75) is 32.0 Å². The van der Waals surface area contributed by atoms with E-state index in [0.717, 1.165) is 23.3 Å². The topological polar surface area (TPSA) is 79.8 Å². The average Bonchev–Trinajstić information content (AvgIpc) is 2.82. The van der Waals surface area contributed by atoms with E-state index in [1.807, 2.05) is 32.1 Å². The summed E-state index contributed by atoms with van der Waals surface area (Å²) in [5.74, 6) is 0.00840. The van der Waals surface area contributed by atoms with Crippen LogP contribution in [0, 0.1) is 0 Å². The summed E-state index contributed by atoms with van der Waals surface area (Å²) in [7, 11) is 0. The van der Waals surface area contributed by atoms with Crippen molar-refractivity contribution in [2.75, 3.05) is 5.32 Å². The molecule has 1 aliphatic rings. The summed E-state index contributed by atoms with van der Waals surface area (Å²) >= 11 is 0. The molecule has 174 valence electrons. The lowest BCUT2D eigenvalue weighted by atomic mass is 9.83. The van der Waals surface area contributed by atoms with Crippen molar-refractivity contribution >= 4 is 11.7 Å². The maximum absolute atomic E-state index is 13.0. The number of amides is 1. The molecule has 3 aromatic rings. The molecule has 0 saturated carbocycles. The number of rotatable bonds is 5. The minimum absolute atomic E-state index is 0.0626. The van der Waals surface area contributed by atoms with Crippen molar-refractivity contribution < 1.29 is 18.0 Å². The van der Waals surface area contributed by atoms with E-state index in [0.29, 0.717) is 23.6 Å². The van der Waals surface area contributed by atoms with Crippen LogP contribution >= 0.6 is 0 Å². The number of allylic oxidation sites excluding steroid dienone is 2. The largest absolute Gasteiger partial charge is 0.416 e. The van der Waals surface area contributed by atoms with Crippen LogP contribution in [0.25, 0.3) is 11.3 Å². The number of nitrogens with zero attached hydrogens (tertiary/aromatic N) is 3. The van der Waals surface area contributed by atoms with Gasteiger partial charge in [-0.15, -0.1) is 0 Å². The third-order valence-corrected chi connectivity index (χ3v) is 5.73. The Kier molecular flexibility index (Phi) is 6.19. The Hall–Kier alpha value is -4.01. The van der Waals surface area contributed by atoms with Gasteiger partial charge in [-0.3, -0.25) is 4.79 Å². The summed E-state index contributed by atoms with van der Waals surface area (Å²) in [5.41, 5.74) is 1.54. The third kappa shape index (κ3) is 4.98. The Balaban J connectivity index is 1.54. The zero-order chi connectivity index (χ0) is 24.3. The second kappa shape index (κ2) is 9.09. The lowest BCUT2D eigenvalue weighted by Crippen LogP contribution is -2.41. The normalized spacial score (nSPS) is 18.0. The van der Waals surface area contributed by atoms with Gasteiger partial charge in [-0.25, -0.2) is 15.0 Å². The molecule has 6 nitrogen and oxygen atoms in total. The van der Waals surface area contributed by atoms with E-state index in [9.17, 15) is 18.0 Å². The number of hydrogen-bond donors (Lipinski definition) is 2. The highest BCUT2D eigenvalue weighted by Gasteiger charge is 2.33. The number of carbonyl (C=O) groups is 1. The van der Waals surface area contributed by atoms with Crippen LogP contribution in [-0.4, -0.2) is 26.4 Å². The minimum Gasteiger partial charge on any atom is -0.360 e. The molecule has 1 aliphatic carbocycles. The Morgan fingerprint density at radius 3 is 2.62 bits per heavy atom. The molecule has 0 aliphatic heterocycles. The highest BCUT2D eigenvalue weighted by molar-refractivity contribution is 5.95. The lowest BCUT2D eigenvalue weighted by Gasteiger charge is -2.36. The molecule has 2 aromatic heterocycles. The van der Waals surface area contributed by atoms with Crippen LogP contribution in [0.5, 0.6) is 0 Å². The van der Waals surface area contributed by atoms with E-state index in [2.05, 4.69) is 25.6 Å². The number of hydrogen-bond acceptors (Lipinski definition) is 5. The number of anilines is 1. The average molecular weight is 465 g/mol. The van der Waals surface area contributed by atoms with E-state index >= 15 is 0 Å². The maximum atomic E-state index is 13.0. The van der Waals surface area contributed by atoms with Crippen LogP contribution in [-0.2, 0) is 6.18 Å². The Labute approximate surface area is 194 Å². The lowest BCUT2D eigenvalue weighted by molar-refractivity contribution is -0.137. The van der Waals surface area contributed by atoms with Gasteiger partial charge in [0.15, 0.2) is 0 Å². The highest BCUT2D eigenvalue weighted by atomic mass is 19.4. The van der Waals surface area contributed by atoms with Gasteiger partial charge in [-0.1, -0.05) is 12.1 Å². The summed E-state index contributed by atoms with van der Waals surface area (Å²) in [6, 6.07) is 9.86. The summed E-state index contributed by atoms with van der Waals surface area (Å²) < 4.78 is 39.1. The summed E-state index contributed by atoms with van der Waals surface area (Å²) in [6.45, 7) is 3.93. The van der Waals surface area contributed by atoms with Gasteiger partial charge in [-0.05, 0) is 61.9 Å². The summed E-state index contributed by atoms with van der Waals surface area (Å²) in [6.07, 6.45) is 4.27. The van der Waals surface area contributed by atoms with E-state index in [1.54, 1.807) is 24.5 Å². The quantitative estimate of drug-likeness (QED) is 0.528. The zero-order valence-electron chi connectivity index (χ0n) is 18.5. The molecular formula is C25H22F3N5O. The predicted octanol–water partition coefficient (Wildman–Crippen LogP) is 5.39. The van der Waals surface area contributed by atoms with Crippen LogP contribution in [0.3, 0.4) is 0 Å². The molecule has 1 atom stereocenters. The molecule has 9 heteroatoms. The van der Waals surface area contributed by atoms with E-state index in [-0.39, 0.29) is 5.56 Å². The van der Waals surface area contributed by atoms with Crippen LogP contribution in [0.4, 0.5) is 19.0 Å². The second-order valence-electron chi connectivity index (χ2n) is 8.20. The molecule has 1 amide bonds. The van der Waals surface area contributed by atoms with E-state index < -0.39 is 23.2 Å². The number of alkyl halides is 3. The Bertz CT molecular complexity index is 1270. The fourth-order valence-electron chi connectivity index (χ4n) is 3.70. The van der Waals surface area contributed by atoms with Crippen molar-refractivity contribution in [3.05, 3.63) is 95.7 Å². The van der Waals surface area contributed by atoms with Gasteiger partial charge in [0.05, 0.1) is 16.8 Å². The molecule has 0 bridgehead atoms. The number of carbonyl (C=O) groups excluding carboxylic acids is 1. The molecule has 2 heterocycles. The molecule has 1 aromatic carbocycles. The number of halogens is 3. The maximum Gasteiger partial charge on any atom is 0.416 e. The molecular weight excluding hydrogens is 443 g/mol. The molecule has 0 spiro atoms. The fraction of sp³-hybridized carbons (Fsp3) is 0.200. The Morgan fingerprint density at radius 1 is 1.06 bits per heavy atom. The van der Waals surface area contributed by atoms with Crippen LogP contribution < -0.4 is 10.6 Å². The number of pyridine rings is 1. The first-order valence-electron chi connectivity index (χ1n) is 10.5. The minimum atomic E-state index is -4.52. The van der Waals surface area contributed by atoms with Gasteiger partial charge in [0, 0.05) is 35.6 Å². The molecule has 0 saturated heterocycles. The zero-order valence-corrected chi connectivity index (χ0v) is 18.5. The van der Waals surface area contributed by atoms with E-state index in [1.165, 1.54) is 18.5 Å². The number of benzene rings is 1. The van der Waals surface area contributed by atoms with Crippen LogP contribution in [0.15, 0.2) is 84.6 Å². The van der Waals surface area contributed by atoms with Gasteiger partial charge in [0.1, 0.15) is 12.1 Å². The SMILES string of the molecule is CC1=CC=C(NC(=O)c2cccc(C(F)(F)F)c2)CC1(C)Nc1ncccc1-c1ccncn1. The smallest absolute Gasteiger partial charge is 0.360 e. The van der Waals surface area contributed by atoms with Crippen LogP contribution in [0.2, 0.25) is 0 Å². The van der Waals surface area contributed by atoms with Crippen molar-refractivity contribution in [1.82, 2.24) is 20.3 Å². The molecule has 1 unspecified atom stereocenters. The van der Waals surface area contributed by atoms with Gasteiger partial charge in [-0.2, -0.15) is 13.2 Å². The summed E-state index contributed by atoms with van der Waals surface area (Å²) in [5, 5.41) is 6.22. The molecule has 0 fully saturated rings. The fourth-order valence-corrected chi connectivity index (χ4v) is 3.70. The van der Waals surface area contributed by atoms with Gasteiger partial charge >= 0.3 is 6.18 Å². The number of aromatic nitrogens is 3. The first kappa shape index (κ1) is 23.2. The Morgan fingerprint density at radius 2 is 1.88 bits per heavy atom. The van der Waals surface area contributed by atoms with Crippen molar-refractivity contribution in [2.24, 2.45) is 0 Å². The van der Waals surface area contributed by atoms with Crippen molar-refractivity contribution in [3.63, 3.8) is 0 Å². The van der Waals surface area contributed by atoms with Gasteiger partial charge < -0.3 is 10.6 Å². The first-order valence-corrected chi connectivity index (χ1v) is 10.5. The molecule has 4 rings (SSSR count). The van der Waals surface area contributed by atoms with E-state index in [4.69, 9.17) is 0 Å². The highest BCUT2D eigenvalue weighted by Crippen LogP contribution is 2.35. The van der Waals surface area contributed by atoms with Crippen LogP contribution in [0.1, 0.15) is 36.2 Å². The van der Waals surface area contributed by atoms with Crippen molar-refractivity contribution in [1.29, 1.82) is 0 Å². The number of nitrogens with one attached hydrogen (secondary N) is 2. The second-order valence-corrected chi connectivity index (χ2v) is 8.20. The monoisotopic (exact) mass is 465 g/mol. The molecule has 34 heavy (non-hydrogen) atoms. The van der Waals surface area contributed by atoms with Crippen molar-refractivity contribution in [3.8, 4) is 11.3 Å². The third-order valence-electron chi connectivity index (χ3n) is 5.73. The summed E-state index contributed by atoms with van der Waals surface area (Å²) in [4.78, 5) is 25.4. The molecule has 0 radical (unpaired) electrons. The standard InChI is InChI=1S/C25H22F3N5O/c1-16-8-9-19(32-23(34)17-5-3-6-18(13-17)25(26,27)28)14-24(16,2)33-22-20(7-4-11-30-22)21-10-12-29-15-31-21/h3-13,15H,14H2,1-2H3,(H,30,33)(H,32,34). The first-order chi connectivity index (χ1) is 16.2. The van der Waals surface area contributed by atoms with Gasteiger partial charge in [0.25, 0.3) is 5.91 Å². The van der Waals surface area contributed by atoms with Gasteiger partial charge in [0.2, 0.25) is 0 Å². The predicted molar refractivity (Wildman–Crippen MR) is 123 cm³/mol. The molecule has 2 N–H and O–H groups in total.